The van der Waals surface area contributed by atoms with E-state index in [1.807, 2.05) is 0 Å². The molecule has 2 fully saturated rings. The quantitative estimate of drug-likeness (QED) is 0.351. The van der Waals surface area contributed by atoms with Gasteiger partial charge in [0.2, 0.25) is 0 Å². The first-order chi connectivity index (χ1) is 11.8. The molecule has 25 heavy (non-hydrogen) atoms. The number of hydrogen-bond donors (Lipinski definition) is 3. The third kappa shape index (κ3) is 4.06. The van der Waals surface area contributed by atoms with Crippen LogP contribution in [0.2, 0.25) is 0 Å². The number of fused-ring (bicyclic) bond motifs is 2. The van der Waals surface area contributed by atoms with E-state index in [-0.39, 0.29) is 45.3 Å². The third-order valence-corrected chi connectivity index (χ3v) is 4.60. The highest BCUT2D eigenvalue weighted by Gasteiger charge is 2.62. The Kier molecular flexibility index (Phi) is 5.31. The summed E-state index contributed by atoms with van der Waals surface area (Å²) in [6, 6.07) is 0. The highest BCUT2D eigenvalue weighted by atomic mass is 16.5. The minimum atomic E-state index is -1.49. The van der Waals surface area contributed by atoms with Crippen molar-refractivity contribution in [2.45, 2.75) is 48.1 Å². The Labute approximate surface area is 142 Å². The fourth-order valence-electron chi connectivity index (χ4n) is 4.25. The summed E-state index contributed by atoms with van der Waals surface area (Å²) < 4.78 is 6.00. The fraction of sp³-hybridized carbons (Fsp3) is 1.00. The third-order valence-electron chi connectivity index (χ3n) is 4.60. The van der Waals surface area contributed by atoms with Crippen LogP contribution in [0.25, 0.3) is 31.3 Å². The molecule has 13 heteroatoms. The zero-order chi connectivity index (χ0) is 18.6. The Hall–Kier alpha value is -2.23. The largest absolute Gasteiger partial charge is 0.393 e. The summed E-state index contributed by atoms with van der Waals surface area (Å²) in [6.45, 7) is -1.23. The maximum atomic E-state index is 10.9. The van der Waals surface area contributed by atoms with Gasteiger partial charge in [-0.1, -0.05) is 15.3 Å². The Morgan fingerprint density at radius 2 is 1.16 bits per heavy atom. The lowest BCUT2D eigenvalue weighted by Crippen LogP contribution is -2.69. The molecule has 0 aliphatic carbocycles. The van der Waals surface area contributed by atoms with Crippen molar-refractivity contribution in [1.29, 1.82) is 0 Å². The number of aliphatic hydroxyl groups excluding tert-OH is 1. The summed E-state index contributed by atoms with van der Waals surface area (Å²) in [4.78, 5) is 7.99. The van der Waals surface area contributed by atoms with E-state index in [1.54, 1.807) is 0 Å². The molecule has 2 saturated heterocycles. The lowest BCUT2D eigenvalue weighted by molar-refractivity contribution is -0.306. The number of rotatable bonds is 7. The minimum absolute atomic E-state index is 0.0711. The fourth-order valence-corrected chi connectivity index (χ4v) is 4.25. The molecule has 136 valence electrons. The Bertz CT molecular complexity index is 624. The number of nitrogens with zero attached hydrogens (tertiary/aromatic N) is 9. The first kappa shape index (κ1) is 19.1. The molecule has 0 spiro atoms. The van der Waals surface area contributed by atoms with Crippen molar-refractivity contribution >= 4 is 0 Å². The normalized spacial score (nSPS) is 39.5. The number of azide groups is 3. The van der Waals surface area contributed by atoms with Gasteiger partial charge in [-0.2, -0.15) is 0 Å². The van der Waals surface area contributed by atoms with E-state index < -0.39 is 29.0 Å². The van der Waals surface area contributed by atoms with Crippen LogP contribution in [-0.2, 0) is 4.74 Å². The van der Waals surface area contributed by atoms with Gasteiger partial charge in [0, 0.05) is 40.4 Å². The molecule has 2 unspecified atom stereocenters. The Morgan fingerprint density at radius 1 is 0.760 bits per heavy atom. The van der Waals surface area contributed by atoms with E-state index >= 15 is 0 Å². The molecule has 2 atom stereocenters. The van der Waals surface area contributed by atoms with Crippen LogP contribution >= 0.6 is 0 Å². The zero-order valence-electron chi connectivity index (χ0n) is 13.4. The Balaban J connectivity index is 2.46. The molecular weight excluding hydrogens is 334 g/mol. The van der Waals surface area contributed by atoms with Crippen molar-refractivity contribution in [2.75, 3.05) is 26.2 Å². The van der Waals surface area contributed by atoms with Crippen molar-refractivity contribution in [1.82, 2.24) is 0 Å². The van der Waals surface area contributed by atoms with Gasteiger partial charge in [-0.3, -0.25) is 0 Å². The van der Waals surface area contributed by atoms with E-state index in [0.717, 1.165) is 0 Å². The van der Waals surface area contributed by atoms with Gasteiger partial charge < -0.3 is 20.1 Å². The molecule has 2 aliphatic rings. The molecule has 0 saturated carbocycles. The first-order valence-corrected chi connectivity index (χ1v) is 7.56. The van der Waals surface area contributed by atoms with Crippen molar-refractivity contribution in [2.24, 2.45) is 15.3 Å². The Morgan fingerprint density at radius 3 is 1.56 bits per heavy atom. The summed E-state index contributed by atoms with van der Waals surface area (Å²) in [5.74, 6) is 0. The molecule has 2 heterocycles. The van der Waals surface area contributed by atoms with Crippen LogP contribution in [0, 0.1) is 0 Å². The minimum Gasteiger partial charge on any atom is -0.393 e. The van der Waals surface area contributed by atoms with Crippen molar-refractivity contribution in [3.8, 4) is 0 Å². The van der Waals surface area contributed by atoms with Crippen LogP contribution in [0.4, 0.5) is 0 Å². The van der Waals surface area contributed by atoms with Gasteiger partial charge in [0.05, 0.1) is 48.6 Å². The van der Waals surface area contributed by atoms with Gasteiger partial charge in [0.15, 0.2) is 0 Å². The molecule has 2 aliphatic heterocycles. The number of hydrogen-bond acceptors (Lipinski definition) is 7. The molecule has 0 amide bonds. The van der Waals surface area contributed by atoms with Gasteiger partial charge in [-0.05, 0) is 16.6 Å². The lowest BCUT2D eigenvalue weighted by atomic mass is 9.63. The van der Waals surface area contributed by atoms with E-state index in [4.69, 9.17) is 21.3 Å². The summed E-state index contributed by atoms with van der Waals surface area (Å²) in [5.41, 5.74) is 20.1. The maximum Gasteiger partial charge on any atom is 0.0974 e. The van der Waals surface area contributed by atoms with Crippen molar-refractivity contribution in [3.05, 3.63) is 31.3 Å². The number of aliphatic hydroxyl groups is 3. The summed E-state index contributed by atoms with van der Waals surface area (Å²) in [6.07, 6.45) is -0.324. The molecule has 0 radical (unpaired) electrons. The van der Waals surface area contributed by atoms with Crippen molar-refractivity contribution < 1.29 is 20.1 Å². The summed E-state index contributed by atoms with van der Waals surface area (Å²) in [5, 5.41) is 42.0. The van der Waals surface area contributed by atoms with Crippen LogP contribution in [0.5, 0.6) is 0 Å². The van der Waals surface area contributed by atoms with Crippen LogP contribution < -0.4 is 0 Å². The summed E-state index contributed by atoms with van der Waals surface area (Å²) >= 11 is 0. The second-order valence-electron chi connectivity index (χ2n) is 6.95. The predicted molar refractivity (Wildman–Crippen MR) is 84.0 cm³/mol. The molecular formula is C12H19N9O4. The topological polar surface area (TPSA) is 216 Å². The van der Waals surface area contributed by atoms with Gasteiger partial charge in [0.1, 0.15) is 0 Å². The number of ether oxygens (including phenoxy) is 1. The monoisotopic (exact) mass is 353 g/mol. The molecule has 0 aromatic heterocycles. The van der Waals surface area contributed by atoms with E-state index in [0.29, 0.717) is 0 Å². The lowest BCUT2D eigenvalue weighted by Gasteiger charge is -2.60. The van der Waals surface area contributed by atoms with E-state index in [1.165, 1.54) is 0 Å². The standard InChI is InChI=1S/C12H19N9O4/c13-19-16-5-9(23)1-11(7-18-21-15)2-10(24,6-17-20-14)4-12(3-9,8-22)25-11/h22-24H,1-8H2. The highest BCUT2D eigenvalue weighted by Crippen LogP contribution is 2.53. The zero-order valence-corrected chi connectivity index (χ0v) is 13.4. The second-order valence-corrected chi connectivity index (χ2v) is 6.95. The van der Waals surface area contributed by atoms with Crippen LogP contribution in [0.1, 0.15) is 25.7 Å². The van der Waals surface area contributed by atoms with Gasteiger partial charge >= 0.3 is 0 Å². The first-order valence-electron chi connectivity index (χ1n) is 7.56. The van der Waals surface area contributed by atoms with E-state index in [9.17, 15) is 15.3 Å². The second kappa shape index (κ2) is 6.95. The maximum absolute atomic E-state index is 10.9. The average Bonchev–Trinajstić information content (AvgIpc) is 2.55. The highest BCUT2D eigenvalue weighted by molar-refractivity contribution is 5.14. The van der Waals surface area contributed by atoms with E-state index in [2.05, 4.69) is 30.1 Å². The average molecular weight is 353 g/mol. The van der Waals surface area contributed by atoms with Crippen LogP contribution in [0.3, 0.4) is 0 Å². The molecule has 2 bridgehead atoms. The molecule has 13 nitrogen and oxygen atoms in total. The molecule has 3 N–H and O–H groups in total. The van der Waals surface area contributed by atoms with Crippen LogP contribution in [0.15, 0.2) is 15.3 Å². The van der Waals surface area contributed by atoms with Gasteiger partial charge in [0.25, 0.3) is 0 Å². The van der Waals surface area contributed by atoms with Crippen molar-refractivity contribution in [3.63, 3.8) is 0 Å². The smallest absolute Gasteiger partial charge is 0.0974 e. The van der Waals surface area contributed by atoms with Gasteiger partial charge in [-0.25, -0.2) is 0 Å². The van der Waals surface area contributed by atoms with Gasteiger partial charge in [-0.15, -0.1) is 0 Å². The SMILES string of the molecule is [N-]=[N+]=NCC1(O)CC2(CO)CC(O)(CN=[N+]=[N-])CC(CN=[N+]=[N-])(C1)O2. The molecule has 0 aromatic rings. The predicted octanol–water partition coefficient (Wildman–Crippen LogP) is 1.45. The molecule has 2 rings (SSSR count). The molecule has 0 aromatic carbocycles. The van der Waals surface area contributed by atoms with Crippen LogP contribution in [-0.4, -0.2) is 64.0 Å². The summed E-state index contributed by atoms with van der Waals surface area (Å²) in [7, 11) is 0.